The van der Waals surface area contributed by atoms with Crippen LogP contribution in [-0.2, 0) is 0 Å². The Bertz CT molecular complexity index is 2060. The Hall–Kier alpha value is -5.42. The van der Waals surface area contributed by atoms with E-state index in [-0.39, 0.29) is 16.8 Å². The maximum atomic E-state index is 11.1. The van der Waals surface area contributed by atoms with Crippen molar-refractivity contribution in [2.24, 2.45) is 0 Å². The summed E-state index contributed by atoms with van der Waals surface area (Å²) in [4.78, 5) is 0. The zero-order valence-corrected chi connectivity index (χ0v) is 22.3. The van der Waals surface area contributed by atoms with Gasteiger partial charge in [0.25, 0.3) is 0 Å². The first-order valence-electron chi connectivity index (χ1n) is 13.4. The zero-order chi connectivity index (χ0) is 28.2. The van der Waals surface area contributed by atoms with Gasteiger partial charge in [-0.25, -0.2) is 0 Å². The van der Waals surface area contributed by atoms with Gasteiger partial charge in [-0.2, -0.15) is 0 Å². The van der Waals surface area contributed by atoms with Gasteiger partial charge in [0, 0.05) is 5.56 Å². The van der Waals surface area contributed by atoms with Crippen LogP contribution in [0.2, 0.25) is 0 Å². The van der Waals surface area contributed by atoms with Crippen molar-refractivity contribution in [3.8, 4) is 56.4 Å². The molecule has 7 aromatic rings. The van der Waals surface area contributed by atoms with E-state index in [0.717, 1.165) is 38.2 Å². The molecule has 4 nitrogen and oxygen atoms in total. The van der Waals surface area contributed by atoms with Crippen molar-refractivity contribution in [3.63, 3.8) is 0 Å². The summed E-state index contributed by atoms with van der Waals surface area (Å²) >= 11 is 0. The second-order valence-electron chi connectivity index (χ2n) is 10.3. The number of benzene rings is 7. The number of phenols is 4. The highest BCUT2D eigenvalue weighted by Gasteiger charge is 2.26. The smallest absolute Gasteiger partial charge is 0.200 e. The lowest BCUT2D eigenvalue weighted by molar-refractivity contribution is 0.366. The number of rotatable bonds is 3. The molecular weight excluding hydrogens is 507 g/mol. The summed E-state index contributed by atoms with van der Waals surface area (Å²) in [5.74, 6) is -2.04. The van der Waals surface area contributed by atoms with Crippen molar-refractivity contribution in [3.05, 3.63) is 115 Å². The van der Waals surface area contributed by atoms with Gasteiger partial charge in [-0.1, -0.05) is 115 Å². The minimum absolute atomic E-state index is 0.0862. The highest BCUT2D eigenvalue weighted by atomic mass is 16.3. The molecule has 41 heavy (non-hydrogen) atoms. The molecule has 0 saturated carbocycles. The average molecular weight is 532 g/mol. The van der Waals surface area contributed by atoms with E-state index in [1.54, 1.807) is 0 Å². The summed E-state index contributed by atoms with van der Waals surface area (Å²) in [6, 6.07) is 39.0. The lowest BCUT2D eigenvalue weighted by Gasteiger charge is -2.20. The molecule has 0 bridgehead atoms. The molecule has 0 saturated heterocycles. The second-order valence-corrected chi connectivity index (χ2v) is 10.3. The molecule has 0 aromatic heterocycles. The summed E-state index contributed by atoms with van der Waals surface area (Å²) in [5.41, 5.74) is 5.13. The van der Waals surface area contributed by atoms with Gasteiger partial charge in [0.2, 0.25) is 5.75 Å². The predicted molar refractivity (Wildman–Crippen MR) is 170 cm³/mol. The van der Waals surface area contributed by atoms with Crippen LogP contribution in [0.15, 0.2) is 115 Å². The molecule has 196 valence electrons. The van der Waals surface area contributed by atoms with Crippen molar-refractivity contribution >= 4 is 45.6 Å². The maximum Gasteiger partial charge on any atom is 0.200 e. The number of phenolic OH excluding ortho intramolecular Hbond substituents is 4. The van der Waals surface area contributed by atoms with Crippen LogP contribution < -0.4 is 5.46 Å². The Balaban J connectivity index is 1.51. The molecule has 0 aliphatic rings. The molecule has 0 unspecified atom stereocenters. The third kappa shape index (κ3) is 3.70. The minimum Gasteiger partial charge on any atom is -0.508 e. The minimum atomic E-state index is -0.656. The van der Waals surface area contributed by atoms with Crippen LogP contribution in [0, 0.1) is 0 Å². The van der Waals surface area contributed by atoms with E-state index in [0.29, 0.717) is 5.56 Å². The number of hydrogen-bond donors (Lipinski definition) is 4. The molecule has 0 atom stereocenters. The standard InChI is InChI=1S/C36H25BO4/c37-32-33(38)31(34(39)36(41)35(32)40)30-27-13-5-3-11-25(27)29(26-12-4-6-14-28(26)30)22-18-16-21(17-19-22)24-15-7-9-20-8-1-2-10-23(20)24/h1-19,38-41H,37H2. The molecule has 0 aliphatic carbocycles. The van der Waals surface area contributed by atoms with Gasteiger partial charge >= 0.3 is 0 Å². The van der Waals surface area contributed by atoms with E-state index < -0.39 is 17.2 Å². The van der Waals surface area contributed by atoms with Gasteiger partial charge < -0.3 is 20.4 Å². The summed E-state index contributed by atoms with van der Waals surface area (Å²) in [6.45, 7) is 0. The van der Waals surface area contributed by atoms with Crippen molar-refractivity contribution < 1.29 is 20.4 Å². The number of aromatic hydroxyl groups is 4. The maximum absolute atomic E-state index is 11.1. The Morgan fingerprint density at radius 3 is 1.46 bits per heavy atom. The van der Waals surface area contributed by atoms with Crippen LogP contribution in [0.1, 0.15) is 0 Å². The summed E-state index contributed by atoms with van der Waals surface area (Å²) < 4.78 is 0. The Morgan fingerprint density at radius 2 is 0.854 bits per heavy atom. The predicted octanol–water partition coefficient (Wildman–Crippen LogP) is 7.23. The van der Waals surface area contributed by atoms with E-state index in [4.69, 9.17) is 0 Å². The van der Waals surface area contributed by atoms with Crippen molar-refractivity contribution in [2.45, 2.75) is 0 Å². The van der Waals surface area contributed by atoms with Gasteiger partial charge in [0.05, 0.1) is 5.56 Å². The van der Waals surface area contributed by atoms with Crippen LogP contribution in [-0.4, -0.2) is 28.3 Å². The van der Waals surface area contributed by atoms with E-state index in [1.165, 1.54) is 24.2 Å². The van der Waals surface area contributed by atoms with Gasteiger partial charge in [0.1, 0.15) is 13.6 Å². The highest BCUT2D eigenvalue weighted by molar-refractivity contribution is 6.38. The summed E-state index contributed by atoms with van der Waals surface area (Å²) in [6.07, 6.45) is 0. The molecule has 0 spiro atoms. The first-order valence-corrected chi connectivity index (χ1v) is 13.4. The Kier molecular flexibility index (Phi) is 5.61. The average Bonchev–Trinajstić information content (AvgIpc) is 3.02. The highest BCUT2D eigenvalue weighted by Crippen LogP contribution is 2.52. The van der Waals surface area contributed by atoms with Crippen molar-refractivity contribution in [1.29, 1.82) is 0 Å². The van der Waals surface area contributed by atoms with Crippen LogP contribution >= 0.6 is 0 Å². The fourth-order valence-corrected chi connectivity index (χ4v) is 6.06. The first-order chi connectivity index (χ1) is 20.0. The molecule has 0 heterocycles. The fourth-order valence-electron chi connectivity index (χ4n) is 6.06. The van der Waals surface area contributed by atoms with E-state index in [1.807, 2.05) is 48.5 Å². The van der Waals surface area contributed by atoms with Gasteiger partial charge in [0.15, 0.2) is 11.5 Å². The molecule has 0 aliphatic heterocycles. The quantitative estimate of drug-likeness (QED) is 0.0838. The lowest BCUT2D eigenvalue weighted by Crippen LogP contribution is -2.06. The molecule has 5 heteroatoms. The fraction of sp³-hybridized carbons (Fsp3) is 0. The summed E-state index contributed by atoms with van der Waals surface area (Å²) in [7, 11) is 1.50. The zero-order valence-electron chi connectivity index (χ0n) is 22.3. The molecular formula is C36H25BO4. The number of hydrogen-bond acceptors (Lipinski definition) is 4. The summed E-state index contributed by atoms with van der Waals surface area (Å²) in [5, 5.41) is 48.7. The molecule has 7 rings (SSSR count). The Morgan fingerprint density at radius 1 is 0.366 bits per heavy atom. The number of fused-ring (bicyclic) bond motifs is 3. The third-order valence-corrected chi connectivity index (χ3v) is 8.09. The van der Waals surface area contributed by atoms with E-state index in [9.17, 15) is 20.4 Å². The lowest BCUT2D eigenvalue weighted by atomic mass is 9.82. The van der Waals surface area contributed by atoms with E-state index >= 15 is 0 Å². The largest absolute Gasteiger partial charge is 0.508 e. The normalized spacial score (nSPS) is 11.4. The molecule has 0 amide bonds. The molecule has 0 radical (unpaired) electrons. The SMILES string of the molecule is Bc1c(O)c(O)c(O)c(-c2c3ccccc3c(-c3ccc(-c4cccc5ccccc45)cc3)c3ccccc23)c1O. The first kappa shape index (κ1) is 24.6. The van der Waals surface area contributed by atoms with Crippen molar-refractivity contribution in [2.75, 3.05) is 0 Å². The van der Waals surface area contributed by atoms with Gasteiger partial charge in [-0.05, 0) is 60.0 Å². The topological polar surface area (TPSA) is 80.9 Å². The van der Waals surface area contributed by atoms with Gasteiger partial charge in [-0.15, -0.1) is 0 Å². The second kappa shape index (κ2) is 9.35. The molecule has 7 aromatic carbocycles. The monoisotopic (exact) mass is 532 g/mol. The molecule has 0 fully saturated rings. The Labute approximate surface area is 237 Å². The third-order valence-electron chi connectivity index (χ3n) is 8.09. The van der Waals surface area contributed by atoms with Crippen LogP contribution in [0.5, 0.6) is 23.0 Å². The van der Waals surface area contributed by atoms with Crippen LogP contribution in [0.25, 0.3) is 65.7 Å². The van der Waals surface area contributed by atoms with E-state index in [2.05, 4.69) is 66.7 Å². The van der Waals surface area contributed by atoms with Crippen LogP contribution in [0.3, 0.4) is 0 Å². The van der Waals surface area contributed by atoms with Crippen molar-refractivity contribution in [1.82, 2.24) is 0 Å². The van der Waals surface area contributed by atoms with Crippen LogP contribution in [0.4, 0.5) is 0 Å². The van der Waals surface area contributed by atoms with Gasteiger partial charge in [-0.3, -0.25) is 0 Å². The molecule has 4 N–H and O–H groups in total.